The van der Waals surface area contributed by atoms with Crippen molar-refractivity contribution in [3.05, 3.63) is 0 Å². The third kappa shape index (κ3) is 64.6. The van der Waals surface area contributed by atoms with Crippen molar-refractivity contribution >= 4 is 39.5 Å². The van der Waals surface area contributed by atoms with Gasteiger partial charge in [-0.05, 0) is 31.6 Å². The van der Waals surface area contributed by atoms with Crippen LogP contribution in [0.25, 0.3) is 0 Å². The predicted molar refractivity (Wildman–Crippen MR) is 358 cm³/mol. The van der Waals surface area contributed by atoms with Crippen molar-refractivity contribution in [1.82, 2.24) is 0 Å². The van der Waals surface area contributed by atoms with Crippen LogP contribution >= 0.6 is 15.6 Å². The van der Waals surface area contributed by atoms with E-state index in [1.807, 2.05) is 0 Å². The van der Waals surface area contributed by atoms with Gasteiger partial charge in [0.2, 0.25) is 0 Å². The van der Waals surface area contributed by atoms with E-state index < -0.39 is 97.5 Å². The maximum absolute atomic E-state index is 13.0. The second-order valence-electron chi connectivity index (χ2n) is 25.7. The molecule has 0 aliphatic rings. The first-order valence-corrected chi connectivity index (χ1v) is 39.6. The molecule has 0 aromatic rings. The topological polar surface area (TPSA) is 237 Å². The van der Waals surface area contributed by atoms with Crippen LogP contribution in [-0.2, 0) is 65.4 Å². The molecule has 2 unspecified atom stereocenters. The van der Waals surface area contributed by atoms with Crippen molar-refractivity contribution in [3.63, 3.8) is 0 Å². The van der Waals surface area contributed by atoms with E-state index in [0.29, 0.717) is 25.7 Å². The van der Waals surface area contributed by atoms with Crippen molar-refractivity contribution in [2.75, 3.05) is 39.6 Å². The molecule has 19 heteroatoms. The number of ether oxygens (including phenoxy) is 4. The maximum Gasteiger partial charge on any atom is 0.472 e. The van der Waals surface area contributed by atoms with Gasteiger partial charge in [-0.1, -0.05) is 311 Å². The number of esters is 4. The molecular formula is C70H136O17P2. The lowest BCUT2D eigenvalue weighted by Crippen LogP contribution is -2.30. The highest BCUT2D eigenvalue weighted by Gasteiger charge is 2.30. The Morgan fingerprint density at radius 2 is 0.517 bits per heavy atom. The van der Waals surface area contributed by atoms with Crippen LogP contribution in [-0.4, -0.2) is 96.7 Å². The van der Waals surface area contributed by atoms with Crippen molar-refractivity contribution < 1.29 is 80.2 Å². The highest BCUT2D eigenvalue weighted by molar-refractivity contribution is 7.47. The lowest BCUT2D eigenvalue weighted by Gasteiger charge is -2.21. The van der Waals surface area contributed by atoms with Crippen LogP contribution in [0.3, 0.4) is 0 Å². The van der Waals surface area contributed by atoms with Crippen LogP contribution in [0.15, 0.2) is 0 Å². The smallest absolute Gasteiger partial charge is 0.462 e. The molecule has 0 aliphatic heterocycles. The third-order valence-electron chi connectivity index (χ3n) is 16.3. The summed E-state index contributed by atoms with van der Waals surface area (Å²) >= 11 is 0. The number of hydrogen-bond donors (Lipinski definition) is 3. The average Bonchev–Trinajstić information content (AvgIpc) is 3.53. The summed E-state index contributed by atoms with van der Waals surface area (Å²) in [6.45, 7) is 7.23. The maximum atomic E-state index is 13.0. The van der Waals surface area contributed by atoms with E-state index in [1.54, 1.807) is 0 Å². The lowest BCUT2D eigenvalue weighted by molar-refractivity contribution is -0.161. The SMILES string of the molecule is CCCCCCCCCCCCCCC(=O)OC[C@H](COP(=O)(O)OC[C@@H](O)COP(=O)(O)OC[C@@H](COC(=O)CCCCCCCCC)OC(=O)CCCCCCCCCCCCC)OC(=O)CCCCCCCCCCCCCCCCCCC(C)C. The molecule has 89 heavy (non-hydrogen) atoms. The zero-order valence-corrected chi connectivity index (χ0v) is 59.4. The van der Waals surface area contributed by atoms with Gasteiger partial charge in [0.25, 0.3) is 0 Å². The van der Waals surface area contributed by atoms with E-state index in [0.717, 1.165) is 109 Å². The number of rotatable bonds is 70. The van der Waals surface area contributed by atoms with Gasteiger partial charge in [-0.2, -0.15) is 0 Å². The largest absolute Gasteiger partial charge is 0.472 e. The Balaban J connectivity index is 5.17. The summed E-state index contributed by atoms with van der Waals surface area (Å²) in [5.74, 6) is -1.32. The number of aliphatic hydroxyl groups excluding tert-OH is 1. The summed E-state index contributed by atoms with van der Waals surface area (Å²) in [6.07, 6.45) is 50.0. The van der Waals surface area contributed by atoms with E-state index in [9.17, 15) is 43.2 Å². The summed E-state index contributed by atoms with van der Waals surface area (Å²) in [6, 6.07) is 0. The highest BCUT2D eigenvalue weighted by atomic mass is 31.2. The van der Waals surface area contributed by atoms with Gasteiger partial charge in [0.15, 0.2) is 12.2 Å². The molecule has 0 radical (unpaired) electrons. The van der Waals surface area contributed by atoms with Crippen molar-refractivity contribution in [2.24, 2.45) is 5.92 Å². The van der Waals surface area contributed by atoms with Gasteiger partial charge < -0.3 is 33.8 Å². The summed E-state index contributed by atoms with van der Waals surface area (Å²) < 4.78 is 68.2. The fourth-order valence-corrected chi connectivity index (χ4v) is 12.2. The molecule has 17 nitrogen and oxygen atoms in total. The molecule has 0 saturated heterocycles. The summed E-state index contributed by atoms with van der Waals surface area (Å²) in [7, 11) is -9.89. The van der Waals surface area contributed by atoms with Gasteiger partial charge in [-0.3, -0.25) is 37.3 Å². The number of unbranched alkanes of at least 4 members (excludes halogenated alkanes) is 42. The van der Waals surface area contributed by atoms with Gasteiger partial charge in [0.1, 0.15) is 19.3 Å². The first-order chi connectivity index (χ1) is 43.0. The second kappa shape index (κ2) is 63.5. The number of hydrogen-bond acceptors (Lipinski definition) is 15. The van der Waals surface area contributed by atoms with Crippen LogP contribution in [0.1, 0.15) is 362 Å². The molecule has 3 N–H and O–H groups in total. The molecule has 0 saturated carbocycles. The van der Waals surface area contributed by atoms with Gasteiger partial charge in [-0.25, -0.2) is 9.13 Å². The van der Waals surface area contributed by atoms with E-state index in [2.05, 4.69) is 34.6 Å². The minimum Gasteiger partial charge on any atom is -0.462 e. The molecule has 0 heterocycles. The normalized spacial score (nSPS) is 14.1. The van der Waals surface area contributed by atoms with Gasteiger partial charge >= 0.3 is 39.5 Å². The van der Waals surface area contributed by atoms with Crippen LogP contribution < -0.4 is 0 Å². The second-order valence-corrected chi connectivity index (χ2v) is 28.7. The van der Waals surface area contributed by atoms with Gasteiger partial charge in [0.05, 0.1) is 26.4 Å². The van der Waals surface area contributed by atoms with Crippen molar-refractivity contribution in [3.8, 4) is 0 Å². The molecule has 0 bridgehead atoms. The highest BCUT2D eigenvalue weighted by Crippen LogP contribution is 2.45. The first kappa shape index (κ1) is 87.1. The molecule has 0 aromatic carbocycles. The molecule has 0 aromatic heterocycles. The average molecular weight is 1310 g/mol. The number of aliphatic hydroxyl groups is 1. The van der Waals surface area contributed by atoms with Crippen LogP contribution in [0, 0.1) is 5.92 Å². The van der Waals surface area contributed by atoms with Gasteiger partial charge in [0, 0.05) is 25.7 Å². The van der Waals surface area contributed by atoms with E-state index in [4.69, 9.17) is 37.0 Å². The molecule has 0 fully saturated rings. The Hall–Kier alpha value is -1.94. The Morgan fingerprint density at radius 3 is 0.764 bits per heavy atom. The van der Waals surface area contributed by atoms with Crippen molar-refractivity contribution in [2.45, 2.75) is 380 Å². The Labute approximate surface area is 543 Å². The van der Waals surface area contributed by atoms with Crippen LogP contribution in [0.4, 0.5) is 0 Å². The van der Waals surface area contributed by atoms with E-state index in [-0.39, 0.29) is 25.7 Å². The molecule has 0 amide bonds. The summed E-state index contributed by atoms with van der Waals surface area (Å²) in [5, 5.41) is 10.6. The molecule has 0 spiro atoms. The molecule has 5 atom stereocenters. The Bertz CT molecular complexity index is 1720. The number of phosphoric acid groups is 2. The fraction of sp³-hybridized carbons (Fsp3) is 0.943. The minimum atomic E-state index is -4.95. The fourth-order valence-electron chi connectivity index (χ4n) is 10.6. The van der Waals surface area contributed by atoms with Crippen LogP contribution in [0.2, 0.25) is 0 Å². The number of phosphoric ester groups is 2. The van der Waals surface area contributed by atoms with Crippen LogP contribution in [0.5, 0.6) is 0 Å². The summed E-state index contributed by atoms with van der Waals surface area (Å²) in [4.78, 5) is 72.4. The lowest BCUT2D eigenvalue weighted by atomic mass is 10.0. The standard InChI is InChI=1S/C70H136O17P2/c1-6-9-12-15-18-20-22-31-34-39-44-49-54-68(73)81-60-66(87-70(75)56-51-46-41-36-32-28-26-24-23-25-27-30-33-38-42-47-52-63(4)5)62-85-89(78,79)83-58-64(71)57-82-88(76,77)84-61-65(59-80-67(72)53-48-43-37-17-14-11-8-3)86-69(74)55-50-45-40-35-29-21-19-16-13-10-7-2/h63-66,71H,6-62H2,1-5H3,(H,76,77)(H,78,79)/t64-,65+,66+/m0/s1. The zero-order valence-electron chi connectivity index (χ0n) is 57.6. The van der Waals surface area contributed by atoms with Crippen molar-refractivity contribution in [1.29, 1.82) is 0 Å². The molecule has 0 aliphatic carbocycles. The van der Waals surface area contributed by atoms with Gasteiger partial charge in [-0.15, -0.1) is 0 Å². The van der Waals surface area contributed by atoms with E-state index >= 15 is 0 Å². The predicted octanol–water partition coefficient (Wildman–Crippen LogP) is 20.1. The quantitative estimate of drug-likeness (QED) is 0.0222. The number of carbonyl (C=O) groups is 4. The third-order valence-corrected chi connectivity index (χ3v) is 18.2. The molecular weight excluding hydrogens is 1170 g/mol. The number of carbonyl (C=O) groups excluding carboxylic acids is 4. The monoisotopic (exact) mass is 1310 g/mol. The summed E-state index contributed by atoms with van der Waals surface area (Å²) in [5.41, 5.74) is 0. The first-order valence-electron chi connectivity index (χ1n) is 36.6. The van der Waals surface area contributed by atoms with E-state index in [1.165, 1.54) is 173 Å². The Kier molecular flexibility index (Phi) is 62.1. The minimum absolute atomic E-state index is 0.107. The molecule has 0 rings (SSSR count). The zero-order chi connectivity index (χ0) is 65.6. The molecule has 528 valence electrons. The Morgan fingerprint density at radius 1 is 0.303 bits per heavy atom.